The molecule has 254 valence electrons. The normalized spacial score (nSPS) is 14.0. The number of nitrogens with one attached hydrogen (secondary N) is 2. The van der Waals surface area contributed by atoms with Crippen molar-refractivity contribution in [3.63, 3.8) is 0 Å². The molecule has 2 heterocycles. The molecule has 2 N–H and O–H groups in total. The summed E-state index contributed by atoms with van der Waals surface area (Å²) in [5.41, 5.74) is 0.639. The standard InChI is InChI=1S/C32H41BrN6O7S/c1-31(2,3)21-18-23(27(44-7)24(19-21)37-47(8,42)43)35-28(40)20-9-10-22(33)25(17-20)45-26-11-12-34-29(36-26)38-13-15-39(16-14-38)30(41)46-32(4,5)6/h9-12,17-19,37H,13-16H2,1-8H3,(H,35,40). The first-order valence-corrected chi connectivity index (χ1v) is 17.6. The maximum absolute atomic E-state index is 13.5. The minimum absolute atomic E-state index is 0.172. The summed E-state index contributed by atoms with van der Waals surface area (Å²) >= 11 is 3.49. The van der Waals surface area contributed by atoms with E-state index in [0.29, 0.717) is 48.0 Å². The molecule has 0 bridgehead atoms. The molecule has 0 unspecified atom stereocenters. The Balaban J connectivity index is 1.52. The molecule has 13 nitrogen and oxygen atoms in total. The molecule has 1 aromatic heterocycles. The lowest BCUT2D eigenvalue weighted by Crippen LogP contribution is -2.50. The van der Waals surface area contributed by atoms with Crippen molar-refractivity contribution in [1.82, 2.24) is 14.9 Å². The molecular formula is C32H41BrN6O7S. The molecule has 0 spiro atoms. The second-order valence-corrected chi connectivity index (χ2v) is 15.7. The first kappa shape index (κ1) is 35.7. The van der Waals surface area contributed by atoms with Crippen LogP contribution in [0.15, 0.2) is 47.1 Å². The van der Waals surface area contributed by atoms with Crippen LogP contribution in [-0.4, -0.2) is 80.4 Å². The average molecular weight is 734 g/mol. The molecule has 2 amide bonds. The van der Waals surface area contributed by atoms with E-state index in [4.69, 9.17) is 14.2 Å². The summed E-state index contributed by atoms with van der Waals surface area (Å²) in [5.74, 6) is 0.750. The molecule has 47 heavy (non-hydrogen) atoms. The van der Waals surface area contributed by atoms with Crippen molar-refractivity contribution in [2.75, 3.05) is 54.5 Å². The van der Waals surface area contributed by atoms with Gasteiger partial charge >= 0.3 is 6.09 Å². The van der Waals surface area contributed by atoms with Crippen LogP contribution in [0.2, 0.25) is 0 Å². The molecule has 1 aliphatic heterocycles. The lowest BCUT2D eigenvalue weighted by Gasteiger charge is -2.35. The number of amides is 2. The average Bonchev–Trinajstić information content (AvgIpc) is 2.96. The Morgan fingerprint density at radius 1 is 0.957 bits per heavy atom. The van der Waals surface area contributed by atoms with Crippen molar-refractivity contribution in [2.24, 2.45) is 0 Å². The van der Waals surface area contributed by atoms with Gasteiger partial charge in [0.25, 0.3) is 5.91 Å². The number of halogens is 1. The van der Waals surface area contributed by atoms with E-state index in [9.17, 15) is 18.0 Å². The number of hydrogen-bond acceptors (Lipinski definition) is 10. The fourth-order valence-corrected chi connectivity index (χ4v) is 5.52. The number of hydrogen-bond donors (Lipinski definition) is 2. The molecule has 15 heteroatoms. The van der Waals surface area contributed by atoms with Gasteiger partial charge in [0.05, 0.1) is 29.2 Å². The zero-order valence-electron chi connectivity index (χ0n) is 27.8. The van der Waals surface area contributed by atoms with Gasteiger partial charge in [-0.3, -0.25) is 9.52 Å². The highest BCUT2D eigenvalue weighted by Gasteiger charge is 2.27. The number of benzene rings is 2. The highest BCUT2D eigenvalue weighted by molar-refractivity contribution is 9.10. The first-order chi connectivity index (χ1) is 21.8. The number of sulfonamides is 1. The van der Waals surface area contributed by atoms with Gasteiger partial charge in [-0.05, 0) is 78.0 Å². The van der Waals surface area contributed by atoms with E-state index < -0.39 is 21.5 Å². The number of anilines is 3. The molecule has 0 atom stereocenters. The Labute approximate surface area is 284 Å². The van der Waals surface area contributed by atoms with E-state index in [1.807, 2.05) is 46.4 Å². The van der Waals surface area contributed by atoms with Crippen molar-refractivity contribution in [1.29, 1.82) is 0 Å². The van der Waals surface area contributed by atoms with Gasteiger partial charge in [-0.2, -0.15) is 4.98 Å². The summed E-state index contributed by atoms with van der Waals surface area (Å²) in [6.07, 6.45) is 2.28. The quantitative estimate of drug-likeness (QED) is 0.281. The van der Waals surface area contributed by atoms with Gasteiger partial charge in [0.15, 0.2) is 5.75 Å². The fraction of sp³-hybridized carbons (Fsp3) is 0.438. The Morgan fingerprint density at radius 3 is 2.21 bits per heavy atom. The molecule has 4 rings (SSSR count). The first-order valence-electron chi connectivity index (χ1n) is 14.9. The predicted octanol–water partition coefficient (Wildman–Crippen LogP) is 6.02. The Morgan fingerprint density at radius 2 is 1.62 bits per heavy atom. The van der Waals surface area contributed by atoms with Crippen molar-refractivity contribution in [2.45, 2.75) is 52.6 Å². The van der Waals surface area contributed by atoms with Crippen LogP contribution in [0.5, 0.6) is 17.4 Å². The number of methoxy groups -OCH3 is 1. The topological polar surface area (TPSA) is 152 Å². The van der Waals surface area contributed by atoms with Gasteiger partial charge in [0.1, 0.15) is 11.4 Å². The van der Waals surface area contributed by atoms with Gasteiger partial charge in [-0.1, -0.05) is 20.8 Å². The van der Waals surface area contributed by atoms with Crippen molar-refractivity contribution in [3.05, 3.63) is 58.2 Å². The lowest BCUT2D eigenvalue weighted by molar-refractivity contribution is 0.0240. The number of piperazine rings is 1. The van der Waals surface area contributed by atoms with Crippen LogP contribution >= 0.6 is 15.9 Å². The third-order valence-corrected chi connectivity index (χ3v) is 8.19. The zero-order valence-corrected chi connectivity index (χ0v) is 30.2. The Bertz CT molecular complexity index is 1750. The number of nitrogens with zero attached hydrogens (tertiary/aromatic N) is 4. The van der Waals surface area contributed by atoms with Crippen molar-refractivity contribution >= 4 is 55.3 Å². The molecule has 3 aromatic rings. The van der Waals surface area contributed by atoms with Crippen LogP contribution in [0.3, 0.4) is 0 Å². The molecule has 0 radical (unpaired) electrons. The molecular weight excluding hydrogens is 692 g/mol. The summed E-state index contributed by atoms with van der Waals surface area (Å²) in [5, 5.41) is 2.86. The van der Waals surface area contributed by atoms with E-state index in [0.717, 1.165) is 11.8 Å². The minimum Gasteiger partial charge on any atom is -0.492 e. The SMILES string of the molecule is COc1c(NC(=O)c2ccc(Br)c(Oc3ccnc(N4CCN(C(=O)OC(C)(C)C)CC4)n3)c2)cc(C(C)(C)C)cc1NS(C)(=O)=O. The van der Waals surface area contributed by atoms with E-state index in [1.54, 1.807) is 47.5 Å². The van der Waals surface area contributed by atoms with Crippen LogP contribution in [0, 0.1) is 0 Å². The number of rotatable bonds is 8. The predicted molar refractivity (Wildman–Crippen MR) is 184 cm³/mol. The van der Waals surface area contributed by atoms with Crippen LogP contribution < -0.4 is 24.4 Å². The Hall–Kier alpha value is -4.11. The molecule has 1 saturated heterocycles. The van der Waals surface area contributed by atoms with Gasteiger partial charge in [0.2, 0.25) is 21.9 Å². The summed E-state index contributed by atoms with van der Waals surface area (Å²) in [4.78, 5) is 38.5. The highest BCUT2D eigenvalue weighted by atomic mass is 79.9. The largest absolute Gasteiger partial charge is 0.492 e. The van der Waals surface area contributed by atoms with Crippen LogP contribution in [-0.2, 0) is 20.2 Å². The summed E-state index contributed by atoms with van der Waals surface area (Å²) in [7, 11) is -2.23. The second kappa shape index (κ2) is 13.9. The third kappa shape index (κ3) is 9.70. The number of ether oxygens (including phenoxy) is 3. The summed E-state index contributed by atoms with van der Waals surface area (Å²) in [6.45, 7) is 13.4. The maximum Gasteiger partial charge on any atom is 0.410 e. The lowest BCUT2D eigenvalue weighted by atomic mass is 9.86. The van der Waals surface area contributed by atoms with Crippen molar-refractivity contribution in [3.8, 4) is 17.4 Å². The van der Waals surface area contributed by atoms with E-state index in [2.05, 4.69) is 35.9 Å². The Kier molecular flexibility index (Phi) is 10.6. The van der Waals surface area contributed by atoms with Crippen LogP contribution in [0.4, 0.5) is 22.1 Å². The zero-order chi connectivity index (χ0) is 34.7. The third-order valence-electron chi connectivity index (χ3n) is 6.94. The molecule has 0 aliphatic carbocycles. The number of carbonyl (C=O) groups is 2. The minimum atomic E-state index is -3.63. The second-order valence-electron chi connectivity index (χ2n) is 13.1. The molecule has 2 aromatic carbocycles. The fourth-order valence-electron chi connectivity index (χ4n) is 4.64. The van der Waals surface area contributed by atoms with E-state index in [1.165, 1.54) is 7.11 Å². The highest BCUT2D eigenvalue weighted by Crippen LogP contribution is 2.39. The summed E-state index contributed by atoms with van der Waals surface area (Å²) in [6, 6.07) is 9.93. The van der Waals surface area contributed by atoms with E-state index in [-0.39, 0.29) is 34.4 Å². The molecule has 1 fully saturated rings. The van der Waals surface area contributed by atoms with Crippen LogP contribution in [0.1, 0.15) is 57.5 Å². The summed E-state index contributed by atoms with van der Waals surface area (Å²) < 4.78 is 44.4. The molecule has 1 aliphatic rings. The van der Waals surface area contributed by atoms with Gasteiger partial charge < -0.3 is 29.3 Å². The monoisotopic (exact) mass is 732 g/mol. The van der Waals surface area contributed by atoms with Gasteiger partial charge in [-0.15, -0.1) is 0 Å². The number of aromatic nitrogens is 2. The van der Waals surface area contributed by atoms with E-state index >= 15 is 0 Å². The smallest absolute Gasteiger partial charge is 0.410 e. The van der Waals surface area contributed by atoms with Gasteiger partial charge in [-0.25, -0.2) is 18.2 Å². The van der Waals surface area contributed by atoms with Crippen molar-refractivity contribution < 1.29 is 32.2 Å². The maximum atomic E-state index is 13.5. The molecule has 0 saturated carbocycles. The van der Waals surface area contributed by atoms with Gasteiger partial charge in [0, 0.05) is 44.0 Å². The van der Waals surface area contributed by atoms with Crippen LogP contribution in [0.25, 0.3) is 0 Å². The number of carbonyl (C=O) groups excluding carboxylic acids is 2.